The van der Waals surface area contributed by atoms with Crippen LogP contribution in [-0.2, 0) is 9.59 Å². The molecule has 0 aliphatic heterocycles. The van der Waals surface area contributed by atoms with E-state index in [2.05, 4.69) is 13.8 Å². The number of phenols is 1. The number of allylic oxidation sites excluding steroid dienone is 4. The summed E-state index contributed by atoms with van der Waals surface area (Å²) in [6, 6.07) is 7.44. The van der Waals surface area contributed by atoms with Crippen molar-refractivity contribution in [3.05, 3.63) is 54.1 Å². The van der Waals surface area contributed by atoms with E-state index >= 15 is 8.78 Å². The second-order valence-corrected chi connectivity index (χ2v) is 10.2. The minimum atomic E-state index is -2.11. The molecule has 0 radical (unpaired) electrons. The molecule has 1 fully saturated rings. The summed E-state index contributed by atoms with van der Waals surface area (Å²) in [5, 5.41) is 9.28. The molecule has 2 bridgehead atoms. The second kappa shape index (κ2) is 8.57. The summed E-state index contributed by atoms with van der Waals surface area (Å²) in [6.07, 6.45) is 6.20. The molecule has 0 heterocycles. The van der Waals surface area contributed by atoms with E-state index in [9.17, 15) is 14.7 Å². The van der Waals surface area contributed by atoms with Crippen LogP contribution in [0.3, 0.4) is 0 Å². The Morgan fingerprint density at radius 2 is 1.47 bits per heavy atom. The second-order valence-electron chi connectivity index (χ2n) is 10.2. The Kier molecular flexibility index (Phi) is 6.52. The molecule has 6 atom stereocenters. The summed E-state index contributed by atoms with van der Waals surface area (Å²) < 4.78 is 31.3. The molecule has 0 unspecified atom stereocenters. The molecule has 1 N–H and O–H groups in total. The van der Waals surface area contributed by atoms with Crippen LogP contribution in [0.4, 0.5) is 8.78 Å². The van der Waals surface area contributed by atoms with Gasteiger partial charge in [-0.1, -0.05) is 78.0 Å². The lowest BCUT2D eigenvalue weighted by Crippen LogP contribution is -2.67. The lowest BCUT2D eigenvalue weighted by molar-refractivity contribution is -0.169. The summed E-state index contributed by atoms with van der Waals surface area (Å²) >= 11 is 0. The maximum absolute atomic E-state index is 15.7. The van der Waals surface area contributed by atoms with E-state index in [1.807, 2.05) is 18.2 Å². The number of Topliss-reactive ketones (excluding diaryl/α,β-unsaturated/α-hetero) is 1. The zero-order chi connectivity index (χ0) is 24.0. The Bertz CT molecular complexity index is 948. The molecule has 174 valence electrons. The predicted octanol–water partition coefficient (Wildman–Crippen LogP) is 5.99. The number of carbonyl (C=O) groups excluding carboxylic acids is 2. The number of hydrogen-bond acceptors (Lipinski definition) is 3. The number of hydrogen-bond donors (Lipinski definition) is 1. The number of halogens is 2. The van der Waals surface area contributed by atoms with Crippen molar-refractivity contribution in [2.45, 2.75) is 58.8 Å². The fraction of sp³-hybridized carbons (Fsp3) is 0.556. The van der Waals surface area contributed by atoms with Gasteiger partial charge in [-0.25, -0.2) is 8.78 Å². The van der Waals surface area contributed by atoms with E-state index in [0.29, 0.717) is 11.7 Å². The monoisotopic (exact) mass is 444 g/mol. The van der Waals surface area contributed by atoms with Crippen LogP contribution < -0.4 is 0 Å². The van der Waals surface area contributed by atoms with Crippen LogP contribution >= 0.6 is 0 Å². The predicted molar refractivity (Wildman–Crippen MR) is 122 cm³/mol. The van der Waals surface area contributed by atoms with Gasteiger partial charge in [0, 0.05) is 17.8 Å². The molecule has 5 heteroatoms. The number of fused-ring (bicyclic) bond motifs is 1. The molecule has 32 heavy (non-hydrogen) atoms. The summed E-state index contributed by atoms with van der Waals surface area (Å²) in [4.78, 5) is 24.9. The number of benzene rings is 1. The number of rotatable bonds is 3. The Balaban J connectivity index is 0.000000243. The topological polar surface area (TPSA) is 54.4 Å². The Labute approximate surface area is 189 Å². The van der Waals surface area contributed by atoms with Crippen molar-refractivity contribution in [2.75, 3.05) is 0 Å². The van der Waals surface area contributed by atoms with Crippen molar-refractivity contribution >= 4 is 11.6 Å². The Morgan fingerprint density at radius 3 is 1.97 bits per heavy atom. The van der Waals surface area contributed by atoms with Crippen molar-refractivity contribution in [3.8, 4) is 5.75 Å². The number of alkyl halides is 2. The third-order valence-corrected chi connectivity index (χ3v) is 7.48. The largest absolute Gasteiger partial charge is 0.508 e. The molecule has 0 aromatic heterocycles. The minimum absolute atomic E-state index is 0.400. The van der Waals surface area contributed by atoms with Gasteiger partial charge in [0.25, 0.3) is 0 Å². The molecule has 1 saturated carbocycles. The standard InChI is InChI=1S/C18H22F2O2.C9H12O/c1-9(2)17(19)13-7-5-12(16(17)22)11-6-8-14(21)18(20,10(3)4)15(11)13;1-7(2)8-5-3-4-6-9(8)10/h5-13,15H,1-4H3;3-7,10H,1-2H3/t11-,12+,13-,15-,17+,18-;/m0./s1. The third-order valence-electron chi connectivity index (χ3n) is 7.48. The summed E-state index contributed by atoms with van der Waals surface area (Å²) in [5.41, 5.74) is -3.18. The van der Waals surface area contributed by atoms with Crippen LogP contribution in [0.15, 0.2) is 48.6 Å². The molecule has 4 aliphatic carbocycles. The van der Waals surface area contributed by atoms with Crippen molar-refractivity contribution in [3.63, 3.8) is 0 Å². The lowest BCUT2D eigenvalue weighted by Gasteiger charge is -2.57. The van der Waals surface area contributed by atoms with E-state index in [0.717, 1.165) is 5.56 Å². The maximum Gasteiger partial charge on any atom is 0.193 e. The molecular formula is C27H34F2O3. The van der Waals surface area contributed by atoms with Gasteiger partial charge in [0.15, 0.2) is 22.9 Å². The molecule has 0 spiro atoms. The Morgan fingerprint density at radius 1 is 0.875 bits per heavy atom. The van der Waals surface area contributed by atoms with Gasteiger partial charge in [-0.3, -0.25) is 9.59 Å². The summed E-state index contributed by atoms with van der Waals surface area (Å²) in [6.45, 7) is 10.7. The van der Waals surface area contributed by atoms with Crippen molar-refractivity contribution in [1.82, 2.24) is 0 Å². The van der Waals surface area contributed by atoms with Gasteiger partial charge in [-0.05, 0) is 41.4 Å². The van der Waals surface area contributed by atoms with Gasteiger partial charge in [-0.2, -0.15) is 0 Å². The van der Waals surface area contributed by atoms with Crippen LogP contribution in [0.2, 0.25) is 0 Å². The van der Waals surface area contributed by atoms with Crippen LogP contribution in [-0.4, -0.2) is 28.0 Å². The quantitative estimate of drug-likeness (QED) is 0.583. The van der Waals surface area contributed by atoms with Gasteiger partial charge in [-0.15, -0.1) is 0 Å². The first-order chi connectivity index (χ1) is 14.9. The first-order valence-corrected chi connectivity index (χ1v) is 11.5. The first-order valence-electron chi connectivity index (χ1n) is 11.5. The maximum atomic E-state index is 15.7. The van der Waals surface area contributed by atoms with Crippen LogP contribution in [0.25, 0.3) is 0 Å². The lowest BCUT2D eigenvalue weighted by atomic mass is 9.47. The molecule has 5 rings (SSSR count). The molecule has 0 amide bonds. The van der Waals surface area contributed by atoms with Crippen LogP contribution in [0.1, 0.15) is 53.0 Å². The molecule has 4 aliphatic rings. The van der Waals surface area contributed by atoms with Gasteiger partial charge in [0.1, 0.15) is 5.75 Å². The average molecular weight is 445 g/mol. The molecule has 0 saturated heterocycles. The average Bonchev–Trinajstić information content (AvgIpc) is 2.74. The van der Waals surface area contributed by atoms with Gasteiger partial charge in [0.2, 0.25) is 0 Å². The summed E-state index contributed by atoms with van der Waals surface area (Å²) in [7, 11) is 0. The first kappa shape index (κ1) is 24.3. The Hall–Kier alpha value is -2.30. The van der Waals surface area contributed by atoms with E-state index in [4.69, 9.17) is 0 Å². The van der Waals surface area contributed by atoms with E-state index in [1.54, 1.807) is 52.0 Å². The van der Waals surface area contributed by atoms with Gasteiger partial charge in [0.05, 0.1) is 0 Å². The fourth-order valence-corrected chi connectivity index (χ4v) is 5.62. The van der Waals surface area contributed by atoms with Crippen molar-refractivity contribution in [1.29, 1.82) is 0 Å². The van der Waals surface area contributed by atoms with Crippen molar-refractivity contribution in [2.24, 2.45) is 35.5 Å². The number of ketones is 2. The molecule has 1 aromatic carbocycles. The van der Waals surface area contributed by atoms with E-state index in [-0.39, 0.29) is 0 Å². The fourth-order valence-electron chi connectivity index (χ4n) is 5.62. The third kappa shape index (κ3) is 3.54. The highest BCUT2D eigenvalue weighted by Gasteiger charge is 2.68. The zero-order valence-corrected chi connectivity index (χ0v) is 19.7. The molecule has 3 nitrogen and oxygen atoms in total. The van der Waals surface area contributed by atoms with Crippen LogP contribution in [0, 0.1) is 35.5 Å². The SMILES string of the molecule is CC(C)[C@]1(F)C(=O)C=C[C@@H]2[C@H]1[C@@H]1C=C[C@H]2C(=O)[C@@]1(F)C(C)C.CC(C)c1ccccc1O. The number of carbonyl (C=O) groups is 2. The highest BCUT2D eigenvalue weighted by Crippen LogP contribution is 2.59. The zero-order valence-electron chi connectivity index (χ0n) is 19.7. The number of phenolic OH excluding ortho intramolecular Hbond substituents is 1. The number of para-hydroxylation sites is 1. The smallest absolute Gasteiger partial charge is 0.193 e. The van der Waals surface area contributed by atoms with Crippen LogP contribution in [0.5, 0.6) is 5.75 Å². The van der Waals surface area contributed by atoms with Gasteiger partial charge >= 0.3 is 0 Å². The molecule has 1 aromatic rings. The molecular weight excluding hydrogens is 410 g/mol. The van der Waals surface area contributed by atoms with Crippen molar-refractivity contribution < 1.29 is 23.5 Å². The minimum Gasteiger partial charge on any atom is -0.508 e. The highest BCUT2D eigenvalue weighted by molar-refractivity contribution is 6.01. The van der Waals surface area contributed by atoms with E-state index in [1.165, 1.54) is 6.08 Å². The van der Waals surface area contributed by atoms with Gasteiger partial charge < -0.3 is 5.11 Å². The highest BCUT2D eigenvalue weighted by atomic mass is 19.1. The summed E-state index contributed by atoms with van der Waals surface area (Å²) in [5.74, 6) is -4.12. The van der Waals surface area contributed by atoms with E-state index < -0.39 is 58.4 Å². The number of aromatic hydroxyl groups is 1. The normalized spacial score (nSPS) is 35.3.